The van der Waals surface area contributed by atoms with Gasteiger partial charge in [0.05, 0.1) is 5.92 Å². The number of benzene rings is 1. The van der Waals surface area contributed by atoms with Gasteiger partial charge in [-0.05, 0) is 25.0 Å². The number of hydrogen-bond acceptors (Lipinski definition) is 4. The lowest BCUT2D eigenvalue weighted by atomic mass is 9.92. The molecule has 0 aliphatic rings. The quantitative estimate of drug-likeness (QED) is 0.858. The molecule has 0 spiro atoms. The lowest BCUT2D eigenvalue weighted by molar-refractivity contribution is -0.119. The number of carbonyl (C=O) groups is 1. The summed E-state index contributed by atoms with van der Waals surface area (Å²) >= 11 is 3.40. The van der Waals surface area contributed by atoms with E-state index in [2.05, 4.69) is 26.1 Å². The Bertz CT molecular complexity index is 593. The summed E-state index contributed by atoms with van der Waals surface area (Å²) in [6.45, 7) is 5.48. The first-order chi connectivity index (χ1) is 8.99. The molecule has 1 heterocycles. The van der Waals surface area contributed by atoms with Gasteiger partial charge in [-0.25, -0.2) is 0 Å². The van der Waals surface area contributed by atoms with Crippen LogP contribution in [0.25, 0.3) is 11.4 Å². The van der Waals surface area contributed by atoms with Crippen LogP contribution in [0, 0.1) is 5.92 Å². The number of aromatic nitrogens is 2. The van der Waals surface area contributed by atoms with Crippen LogP contribution in [-0.2, 0) is 4.79 Å². The van der Waals surface area contributed by atoms with E-state index in [1.165, 1.54) is 0 Å². The van der Waals surface area contributed by atoms with Crippen LogP contribution in [0.2, 0.25) is 0 Å². The van der Waals surface area contributed by atoms with Crippen LogP contribution >= 0.6 is 15.9 Å². The molecule has 0 radical (unpaired) electrons. The molecule has 1 aromatic carbocycles. The number of nitrogens with zero attached hydrogens (tertiary/aromatic N) is 2. The van der Waals surface area contributed by atoms with E-state index < -0.39 is 0 Å². The SMILES string of the molecule is CC(=O)C(c1nc(-c2cccc(Br)c2)no1)C(C)C. The number of ketones is 1. The van der Waals surface area contributed by atoms with E-state index in [0.29, 0.717) is 11.7 Å². The molecule has 1 aromatic heterocycles. The molecule has 0 saturated heterocycles. The number of Topliss-reactive ketones (excluding diaryl/α,β-unsaturated/α-hetero) is 1. The van der Waals surface area contributed by atoms with Gasteiger partial charge in [0.1, 0.15) is 5.78 Å². The zero-order valence-electron chi connectivity index (χ0n) is 11.1. The van der Waals surface area contributed by atoms with E-state index in [0.717, 1.165) is 10.0 Å². The van der Waals surface area contributed by atoms with Gasteiger partial charge >= 0.3 is 0 Å². The molecule has 0 bridgehead atoms. The van der Waals surface area contributed by atoms with E-state index in [1.807, 2.05) is 38.1 Å². The molecule has 0 saturated carbocycles. The predicted octanol–water partition coefficient (Wildman–Crippen LogP) is 3.83. The number of rotatable bonds is 4. The van der Waals surface area contributed by atoms with Crippen molar-refractivity contribution >= 4 is 21.7 Å². The van der Waals surface area contributed by atoms with Crippen molar-refractivity contribution in [1.82, 2.24) is 10.1 Å². The van der Waals surface area contributed by atoms with Gasteiger partial charge < -0.3 is 4.52 Å². The van der Waals surface area contributed by atoms with Gasteiger partial charge in [0, 0.05) is 10.0 Å². The standard InChI is InChI=1S/C14H15BrN2O2/c1-8(2)12(9(3)18)14-16-13(17-19-14)10-5-4-6-11(15)7-10/h4-8,12H,1-3H3. The highest BCUT2D eigenvalue weighted by atomic mass is 79.9. The zero-order valence-corrected chi connectivity index (χ0v) is 12.6. The third-order valence-corrected chi connectivity index (χ3v) is 3.39. The number of hydrogen-bond donors (Lipinski definition) is 0. The first-order valence-electron chi connectivity index (χ1n) is 6.09. The van der Waals surface area contributed by atoms with Crippen molar-refractivity contribution in [3.8, 4) is 11.4 Å². The second-order valence-corrected chi connectivity index (χ2v) is 5.71. The van der Waals surface area contributed by atoms with Crippen LogP contribution in [0.4, 0.5) is 0 Å². The van der Waals surface area contributed by atoms with Crippen LogP contribution in [0.3, 0.4) is 0 Å². The summed E-state index contributed by atoms with van der Waals surface area (Å²) in [4.78, 5) is 16.0. The van der Waals surface area contributed by atoms with Crippen LogP contribution in [0.15, 0.2) is 33.3 Å². The fourth-order valence-corrected chi connectivity index (χ4v) is 2.43. The third kappa shape index (κ3) is 3.10. The molecule has 2 aromatic rings. The molecule has 1 atom stereocenters. The molecule has 4 nitrogen and oxygen atoms in total. The Hall–Kier alpha value is -1.49. The maximum absolute atomic E-state index is 11.7. The van der Waals surface area contributed by atoms with Gasteiger partial charge in [0.25, 0.3) is 0 Å². The molecule has 0 fully saturated rings. The van der Waals surface area contributed by atoms with Crippen LogP contribution < -0.4 is 0 Å². The summed E-state index contributed by atoms with van der Waals surface area (Å²) in [5, 5.41) is 3.95. The highest BCUT2D eigenvalue weighted by Crippen LogP contribution is 2.27. The van der Waals surface area contributed by atoms with Crippen molar-refractivity contribution in [3.05, 3.63) is 34.6 Å². The van der Waals surface area contributed by atoms with E-state index in [4.69, 9.17) is 4.52 Å². The van der Waals surface area contributed by atoms with E-state index in [-0.39, 0.29) is 17.6 Å². The van der Waals surface area contributed by atoms with E-state index in [1.54, 1.807) is 6.92 Å². The molecule has 1 unspecified atom stereocenters. The molecule has 2 rings (SSSR count). The molecule has 0 aliphatic heterocycles. The van der Waals surface area contributed by atoms with E-state index >= 15 is 0 Å². The Morgan fingerprint density at radius 1 is 1.37 bits per heavy atom. The van der Waals surface area contributed by atoms with Crippen molar-refractivity contribution in [2.75, 3.05) is 0 Å². The van der Waals surface area contributed by atoms with Gasteiger partial charge in [-0.3, -0.25) is 4.79 Å². The lowest BCUT2D eigenvalue weighted by Gasteiger charge is -2.12. The molecular weight excluding hydrogens is 308 g/mol. The molecule has 0 N–H and O–H groups in total. The second-order valence-electron chi connectivity index (χ2n) is 4.80. The van der Waals surface area contributed by atoms with Gasteiger partial charge in [0.2, 0.25) is 11.7 Å². The molecule has 19 heavy (non-hydrogen) atoms. The Labute approximate surface area is 120 Å². The largest absolute Gasteiger partial charge is 0.338 e. The topological polar surface area (TPSA) is 56.0 Å². The Balaban J connectivity index is 2.35. The van der Waals surface area contributed by atoms with Gasteiger partial charge in [-0.2, -0.15) is 4.98 Å². The van der Waals surface area contributed by atoms with Crippen LogP contribution in [-0.4, -0.2) is 15.9 Å². The average molecular weight is 323 g/mol. The van der Waals surface area contributed by atoms with Crippen molar-refractivity contribution in [3.63, 3.8) is 0 Å². The molecule has 100 valence electrons. The molecule has 0 amide bonds. The summed E-state index contributed by atoms with van der Waals surface area (Å²) in [5.41, 5.74) is 0.857. The normalized spacial score (nSPS) is 12.7. The number of halogens is 1. The molecular formula is C14H15BrN2O2. The summed E-state index contributed by atoms with van der Waals surface area (Å²) in [6, 6.07) is 7.64. The average Bonchev–Trinajstić information content (AvgIpc) is 2.77. The van der Waals surface area contributed by atoms with Crippen molar-refractivity contribution in [1.29, 1.82) is 0 Å². The van der Waals surface area contributed by atoms with Gasteiger partial charge in [0.15, 0.2) is 0 Å². The number of carbonyl (C=O) groups excluding carboxylic acids is 1. The molecule has 0 aliphatic carbocycles. The highest BCUT2D eigenvalue weighted by Gasteiger charge is 2.27. The Morgan fingerprint density at radius 2 is 2.11 bits per heavy atom. The van der Waals surface area contributed by atoms with Crippen molar-refractivity contribution < 1.29 is 9.32 Å². The Kier molecular flexibility index (Phi) is 4.14. The van der Waals surface area contributed by atoms with Gasteiger partial charge in [-0.15, -0.1) is 0 Å². The smallest absolute Gasteiger partial charge is 0.237 e. The minimum Gasteiger partial charge on any atom is -0.338 e. The molecule has 5 heteroatoms. The van der Waals surface area contributed by atoms with Crippen LogP contribution in [0.5, 0.6) is 0 Å². The maximum Gasteiger partial charge on any atom is 0.237 e. The van der Waals surface area contributed by atoms with Crippen molar-refractivity contribution in [2.24, 2.45) is 5.92 Å². The fraction of sp³-hybridized carbons (Fsp3) is 0.357. The monoisotopic (exact) mass is 322 g/mol. The second kappa shape index (κ2) is 5.65. The van der Waals surface area contributed by atoms with Gasteiger partial charge in [-0.1, -0.05) is 47.1 Å². The predicted molar refractivity (Wildman–Crippen MR) is 75.7 cm³/mol. The Morgan fingerprint density at radius 3 is 2.68 bits per heavy atom. The fourth-order valence-electron chi connectivity index (χ4n) is 2.03. The highest BCUT2D eigenvalue weighted by molar-refractivity contribution is 9.10. The summed E-state index contributed by atoms with van der Waals surface area (Å²) in [7, 11) is 0. The van der Waals surface area contributed by atoms with E-state index in [9.17, 15) is 4.79 Å². The maximum atomic E-state index is 11.7. The third-order valence-electron chi connectivity index (χ3n) is 2.90. The minimum absolute atomic E-state index is 0.0412. The first-order valence-corrected chi connectivity index (χ1v) is 6.88. The summed E-state index contributed by atoms with van der Waals surface area (Å²) < 4.78 is 6.19. The first kappa shape index (κ1) is 13.9. The minimum atomic E-state index is -0.339. The van der Waals surface area contributed by atoms with Crippen molar-refractivity contribution in [2.45, 2.75) is 26.7 Å². The van der Waals surface area contributed by atoms with Crippen LogP contribution in [0.1, 0.15) is 32.6 Å². The summed E-state index contributed by atoms with van der Waals surface area (Å²) in [5.74, 6) is 0.724. The zero-order chi connectivity index (χ0) is 14.0. The lowest BCUT2D eigenvalue weighted by Crippen LogP contribution is -2.15. The summed E-state index contributed by atoms with van der Waals surface area (Å²) in [6.07, 6.45) is 0.